The number of hydrogen-bond donors (Lipinski definition) is 1. The molecule has 0 aliphatic rings. The summed E-state index contributed by atoms with van der Waals surface area (Å²) in [6, 6.07) is 8.71. The number of halogens is 2. The van der Waals surface area contributed by atoms with Crippen molar-refractivity contribution in [2.75, 3.05) is 7.05 Å². The van der Waals surface area contributed by atoms with Crippen LogP contribution in [0.5, 0.6) is 0 Å². The van der Waals surface area contributed by atoms with Gasteiger partial charge in [0.1, 0.15) is 0 Å². The Kier molecular flexibility index (Phi) is 4.84. The molecule has 18 heavy (non-hydrogen) atoms. The molecule has 96 valence electrons. The van der Waals surface area contributed by atoms with Gasteiger partial charge in [0.05, 0.1) is 0 Å². The second-order valence-corrected chi connectivity index (χ2v) is 6.57. The molecule has 0 bridgehead atoms. The summed E-state index contributed by atoms with van der Waals surface area (Å²) < 4.78 is 1.14. The predicted molar refractivity (Wildman–Crippen MR) is 83.7 cm³/mol. The summed E-state index contributed by atoms with van der Waals surface area (Å²) in [5.41, 5.74) is 2.38. The van der Waals surface area contributed by atoms with E-state index in [0.29, 0.717) is 6.04 Å². The van der Waals surface area contributed by atoms with E-state index in [2.05, 4.69) is 51.7 Å². The Morgan fingerprint density at radius 3 is 2.72 bits per heavy atom. The van der Waals surface area contributed by atoms with Crippen LogP contribution in [0.1, 0.15) is 22.0 Å². The Bertz CT molecular complexity index is 538. The van der Waals surface area contributed by atoms with Crippen LogP contribution in [0.15, 0.2) is 34.1 Å². The number of aryl methyl sites for hydroxylation is 1. The molecule has 1 aromatic heterocycles. The summed E-state index contributed by atoms with van der Waals surface area (Å²) in [6.07, 6.45) is 0.905. The second kappa shape index (κ2) is 6.20. The molecule has 0 amide bonds. The number of thiophene rings is 1. The highest BCUT2D eigenvalue weighted by Crippen LogP contribution is 2.29. The summed E-state index contributed by atoms with van der Waals surface area (Å²) in [7, 11) is 1.99. The number of likely N-dealkylation sites (N-methyl/N-ethyl adjacent to an activating group) is 1. The van der Waals surface area contributed by atoms with Gasteiger partial charge in [0, 0.05) is 25.8 Å². The number of nitrogens with one attached hydrogen (secondary N) is 1. The van der Waals surface area contributed by atoms with Gasteiger partial charge in [-0.3, -0.25) is 0 Å². The molecule has 0 saturated heterocycles. The summed E-state index contributed by atoms with van der Waals surface area (Å²) in [5.74, 6) is 0. The molecule has 0 fully saturated rings. The highest BCUT2D eigenvalue weighted by molar-refractivity contribution is 9.10. The van der Waals surface area contributed by atoms with Crippen molar-refractivity contribution >= 4 is 38.9 Å². The maximum Gasteiger partial charge on any atom is 0.0454 e. The molecule has 2 aromatic rings. The molecule has 4 heteroatoms. The fourth-order valence-electron chi connectivity index (χ4n) is 1.89. The van der Waals surface area contributed by atoms with Crippen molar-refractivity contribution in [3.63, 3.8) is 0 Å². The Hall–Kier alpha value is -0.350. The second-order valence-electron chi connectivity index (χ2n) is 4.31. The van der Waals surface area contributed by atoms with Gasteiger partial charge in [-0.1, -0.05) is 23.7 Å². The molecule has 1 aromatic carbocycles. The van der Waals surface area contributed by atoms with Gasteiger partial charge in [-0.25, -0.2) is 0 Å². The van der Waals surface area contributed by atoms with Crippen LogP contribution >= 0.6 is 38.9 Å². The Morgan fingerprint density at radius 2 is 2.17 bits per heavy atom. The lowest BCUT2D eigenvalue weighted by molar-refractivity contribution is 0.602. The standard InChI is InChI=1S/C14H15BrClNS/c1-9-3-4-10(12(16)5-9)6-13(17-2)14-7-11(15)8-18-14/h3-5,7-8,13,17H,6H2,1-2H3. The van der Waals surface area contributed by atoms with Crippen LogP contribution in [0.4, 0.5) is 0 Å². The van der Waals surface area contributed by atoms with Crippen LogP contribution in [0.25, 0.3) is 0 Å². The van der Waals surface area contributed by atoms with Gasteiger partial charge in [-0.05, 0) is 59.6 Å². The lowest BCUT2D eigenvalue weighted by Gasteiger charge is -2.15. The zero-order valence-corrected chi connectivity index (χ0v) is 13.5. The first-order valence-electron chi connectivity index (χ1n) is 5.76. The lowest BCUT2D eigenvalue weighted by Crippen LogP contribution is -2.17. The third-order valence-electron chi connectivity index (χ3n) is 2.91. The third kappa shape index (κ3) is 3.35. The van der Waals surface area contributed by atoms with E-state index in [1.807, 2.05) is 13.1 Å². The van der Waals surface area contributed by atoms with Crippen molar-refractivity contribution in [2.24, 2.45) is 0 Å². The van der Waals surface area contributed by atoms with Gasteiger partial charge < -0.3 is 5.32 Å². The highest BCUT2D eigenvalue weighted by atomic mass is 79.9. The van der Waals surface area contributed by atoms with E-state index < -0.39 is 0 Å². The fraction of sp³-hybridized carbons (Fsp3) is 0.286. The largest absolute Gasteiger partial charge is 0.312 e. The van der Waals surface area contributed by atoms with Crippen molar-refractivity contribution in [3.8, 4) is 0 Å². The molecule has 0 radical (unpaired) electrons. The zero-order valence-electron chi connectivity index (χ0n) is 10.3. The first-order valence-corrected chi connectivity index (χ1v) is 7.81. The van der Waals surface area contributed by atoms with Crippen LogP contribution in [0.2, 0.25) is 5.02 Å². The topological polar surface area (TPSA) is 12.0 Å². The van der Waals surface area contributed by atoms with Crippen molar-refractivity contribution in [3.05, 3.63) is 55.1 Å². The first kappa shape index (κ1) is 14.1. The van der Waals surface area contributed by atoms with Crippen molar-refractivity contribution in [2.45, 2.75) is 19.4 Å². The summed E-state index contributed by atoms with van der Waals surface area (Å²) in [6.45, 7) is 2.06. The average molecular weight is 345 g/mol. The smallest absolute Gasteiger partial charge is 0.0454 e. The maximum absolute atomic E-state index is 6.29. The zero-order chi connectivity index (χ0) is 13.1. The molecule has 0 aliphatic carbocycles. The highest BCUT2D eigenvalue weighted by Gasteiger charge is 2.14. The molecule has 1 atom stereocenters. The monoisotopic (exact) mass is 343 g/mol. The Morgan fingerprint density at radius 1 is 1.39 bits per heavy atom. The number of rotatable bonds is 4. The third-order valence-corrected chi connectivity index (χ3v) is 5.07. The van der Waals surface area contributed by atoms with Crippen LogP contribution in [0.3, 0.4) is 0 Å². The Labute approximate surface area is 125 Å². The van der Waals surface area contributed by atoms with E-state index in [1.165, 1.54) is 16.0 Å². The molecule has 1 heterocycles. The minimum Gasteiger partial charge on any atom is -0.312 e. The van der Waals surface area contributed by atoms with Crippen molar-refractivity contribution in [1.82, 2.24) is 5.32 Å². The van der Waals surface area contributed by atoms with Gasteiger partial charge in [0.15, 0.2) is 0 Å². The molecule has 0 saturated carbocycles. The predicted octanol–water partition coefficient (Wildman–Crippen LogP) is 4.98. The van der Waals surface area contributed by atoms with E-state index in [9.17, 15) is 0 Å². The van der Waals surface area contributed by atoms with Crippen LogP contribution in [-0.4, -0.2) is 7.05 Å². The quantitative estimate of drug-likeness (QED) is 0.825. The van der Waals surface area contributed by atoms with E-state index in [4.69, 9.17) is 11.6 Å². The van der Waals surface area contributed by atoms with Gasteiger partial charge in [-0.2, -0.15) is 0 Å². The summed E-state index contributed by atoms with van der Waals surface area (Å²) in [5, 5.41) is 6.31. The SMILES string of the molecule is CNC(Cc1ccc(C)cc1Cl)c1cc(Br)cs1. The molecular formula is C14H15BrClNS. The Balaban J connectivity index is 2.20. The molecule has 1 nitrogen and oxygen atoms in total. The molecule has 1 unspecified atom stereocenters. The molecule has 1 N–H and O–H groups in total. The van der Waals surface area contributed by atoms with E-state index in [-0.39, 0.29) is 0 Å². The van der Waals surface area contributed by atoms with Gasteiger partial charge in [0.25, 0.3) is 0 Å². The van der Waals surface area contributed by atoms with Gasteiger partial charge in [-0.15, -0.1) is 11.3 Å². The van der Waals surface area contributed by atoms with E-state index >= 15 is 0 Å². The first-order chi connectivity index (χ1) is 8.60. The molecule has 0 aliphatic heterocycles. The minimum absolute atomic E-state index is 0.307. The molecule has 0 spiro atoms. The number of benzene rings is 1. The van der Waals surface area contributed by atoms with Crippen LogP contribution in [-0.2, 0) is 6.42 Å². The molecule has 2 rings (SSSR count). The molecular weight excluding hydrogens is 330 g/mol. The fourth-order valence-corrected chi connectivity index (χ4v) is 3.76. The van der Waals surface area contributed by atoms with Crippen LogP contribution < -0.4 is 5.32 Å². The van der Waals surface area contributed by atoms with Crippen LogP contribution in [0, 0.1) is 6.92 Å². The van der Waals surface area contributed by atoms with Gasteiger partial charge >= 0.3 is 0 Å². The van der Waals surface area contributed by atoms with E-state index in [0.717, 1.165) is 15.9 Å². The van der Waals surface area contributed by atoms with Crippen molar-refractivity contribution in [1.29, 1.82) is 0 Å². The lowest BCUT2D eigenvalue weighted by atomic mass is 10.0. The average Bonchev–Trinajstić information content (AvgIpc) is 2.75. The summed E-state index contributed by atoms with van der Waals surface area (Å²) >= 11 is 11.5. The van der Waals surface area contributed by atoms with E-state index in [1.54, 1.807) is 11.3 Å². The maximum atomic E-state index is 6.29. The van der Waals surface area contributed by atoms with Gasteiger partial charge in [0.2, 0.25) is 0 Å². The van der Waals surface area contributed by atoms with Crippen molar-refractivity contribution < 1.29 is 0 Å². The normalized spacial score (nSPS) is 12.7. The minimum atomic E-state index is 0.307. The summed E-state index contributed by atoms with van der Waals surface area (Å²) in [4.78, 5) is 1.32. The number of hydrogen-bond acceptors (Lipinski definition) is 2.